The Kier molecular flexibility index (Phi) is 3.09. The van der Waals surface area contributed by atoms with Crippen molar-refractivity contribution in [1.82, 2.24) is 9.97 Å². The van der Waals surface area contributed by atoms with Gasteiger partial charge in [-0.15, -0.1) is 0 Å². The van der Waals surface area contributed by atoms with Crippen molar-refractivity contribution in [3.8, 4) is 0 Å². The fraction of sp³-hybridized carbons (Fsp3) is 0.600. The quantitative estimate of drug-likeness (QED) is 0.673. The van der Waals surface area contributed by atoms with Crippen molar-refractivity contribution in [2.24, 2.45) is 0 Å². The van der Waals surface area contributed by atoms with E-state index in [0.717, 1.165) is 19.4 Å². The average molecular weight is 224 g/mol. The van der Waals surface area contributed by atoms with Crippen molar-refractivity contribution in [2.75, 3.05) is 17.7 Å². The lowest BCUT2D eigenvalue weighted by Crippen LogP contribution is -2.33. The van der Waals surface area contributed by atoms with Crippen molar-refractivity contribution in [2.45, 2.75) is 31.9 Å². The summed E-state index contributed by atoms with van der Waals surface area (Å²) in [5.74, 6) is 0.461. The Balaban J connectivity index is 2.08. The molecule has 0 radical (unpaired) electrons. The molecule has 2 rings (SSSR count). The first-order valence-electron chi connectivity index (χ1n) is 5.38. The number of nitrogen functional groups attached to an aromatic ring is 1. The first kappa shape index (κ1) is 10.9. The Bertz CT molecular complexity index is 418. The number of anilines is 2. The van der Waals surface area contributed by atoms with E-state index in [4.69, 9.17) is 10.5 Å². The summed E-state index contributed by atoms with van der Waals surface area (Å²) >= 11 is 0. The lowest BCUT2D eigenvalue weighted by Gasteiger charge is -2.28. The molecule has 0 aliphatic carbocycles. The summed E-state index contributed by atoms with van der Waals surface area (Å²) in [6.45, 7) is 2.75. The molecule has 0 saturated carbocycles. The third kappa shape index (κ3) is 2.33. The lowest BCUT2D eigenvalue weighted by atomic mass is 10.0. The Morgan fingerprint density at radius 2 is 2.50 bits per heavy atom. The van der Waals surface area contributed by atoms with Gasteiger partial charge in [-0.2, -0.15) is 0 Å². The highest BCUT2D eigenvalue weighted by molar-refractivity contribution is 5.59. The van der Waals surface area contributed by atoms with E-state index in [9.17, 15) is 4.79 Å². The summed E-state index contributed by atoms with van der Waals surface area (Å²) in [6.07, 6.45) is 3.38. The van der Waals surface area contributed by atoms with Gasteiger partial charge in [-0.3, -0.25) is 4.79 Å². The van der Waals surface area contributed by atoms with Crippen LogP contribution in [0.2, 0.25) is 0 Å². The number of ether oxygens (including phenoxy) is 1. The molecular formula is C10H16N4O2. The van der Waals surface area contributed by atoms with Crippen molar-refractivity contribution in [1.29, 1.82) is 0 Å². The molecule has 2 atom stereocenters. The fourth-order valence-corrected chi connectivity index (χ4v) is 1.85. The molecule has 0 amide bonds. The molecule has 0 aromatic carbocycles. The number of aromatic nitrogens is 2. The van der Waals surface area contributed by atoms with E-state index in [1.54, 1.807) is 0 Å². The van der Waals surface area contributed by atoms with Gasteiger partial charge >= 0.3 is 0 Å². The smallest absolute Gasteiger partial charge is 0.276 e. The molecule has 88 valence electrons. The summed E-state index contributed by atoms with van der Waals surface area (Å²) < 4.78 is 5.44. The van der Waals surface area contributed by atoms with Gasteiger partial charge in [0.15, 0.2) is 5.82 Å². The largest absolute Gasteiger partial charge is 0.391 e. The number of hydrogen-bond acceptors (Lipinski definition) is 5. The number of aromatic amines is 1. The highest BCUT2D eigenvalue weighted by Gasteiger charge is 2.20. The highest BCUT2D eigenvalue weighted by Crippen LogP contribution is 2.18. The first-order valence-corrected chi connectivity index (χ1v) is 5.38. The van der Waals surface area contributed by atoms with Crippen LogP contribution in [0.1, 0.15) is 19.8 Å². The standard InChI is InChI=1S/C10H16N4O2/c1-6-4-7(2-3-16-6)14-9-8(11)10(15)13-5-12-9/h5-7H,2-4,11H2,1H3,(H2,12,13,14,15). The number of nitrogens with two attached hydrogens (primary N) is 1. The summed E-state index contributed by atoms with van der Waals surface area (Å²) in [6, 6.07) is 0.264. The van der Waals surface area contributed by atoms with Crippen LogP contribution in [-0.2, 0) is 4.74 Å². The molecule has 2 heterocycles. The van der Waals surface area contributed by atoms with Gasteiger partial charge in [0.25, 0.3) is 5.56 Å². The molecule has 0 spiro atoms. The van der Waals surface area contributed by atoms with Crippen LogP contribution in [0, 0.1) is 0 Å². The molecule has 1 aliphatic heterocycles. The zero-order chi connectivity index (χ0) is 11.5. The van der Waals surface area contributed by atoms with Crippen molar-refractivity contribution >= 4 is 11.5 Å². The van der Waals surface area contributed by atoms with Crippen LogP contribution in [-0.4, -0.2) is 28.7 Å². The second kappa shape index (κ2) is 4.52. The van der Waals surface area contributed by atoms with Crippen LogP contribution >= 0.6 is 0 Å². The van der Waals surface area contributed by atoms with Gasteiger partial charge in [-0.25, -0.2) is 4.98 Å². The zero-order valence-corrected chi connectivity index (χ0v) is 9.19. The summed E-state index contributed by atoms with van der Waals surface area (Å²) in [7, 11) is 0. The van der Waals surface area contributed by atoms with Crippen LogP contribution in [0.15, 0.2) is 11.1 Å². The van der Waals surface area contributed by atoms with E-state index >= 15 is 0 Å². The maximum absolute atomic E-state index is 11.3. The Morgan fingerprint density at radius 1 is 1.69 bits per heavy atom. The minimum Gasteiger partial charge on any atom is -0.391 e. The topological polar surface area (TPSA) is 93.0 Å². The maximum Gasteiger partial charge on any atom is 0.276 e. The molecule has 1 aromatic heterocycles. The Morgan fingerprint density at radius 3 is 3.25 bits per heavy atom. The summed E-state index contributed by atoms with van der Waals surface area (Å²) in [5, 5.41) is 3.18. The second-order valence-corrected chi connectivity index (χ2v) is 4.04. The molecule has 1 aromatic rings. The van der Waals surface area contributed by atoms with Gasteiger partial charge < -0.3 is 20.8 Å². The van der Waals surface area contributed by atoms with Gasteiger partial charge in [0.05, 0.1) is 12.4 Å². The van der Waals surface area contributed by atoms with E-state index in [0.29, 0.717) is 5.82 Å². The SMILES string of the molecule is CC1CC(Nc2nc[nH]c(=O)c2N)CCO1. The van der Waals surface area contributed by atoms with Crippen LogP contribution in [0.25, 0.3) is 0 Å². The molecule has 16 heavy (non-hydrogen) atoms. The fourth-order valence-electron chi connectivity index (χ4n) is 1.85. The van der Waals surface area contributed by atoms with Gasteiger partial charge in [0.2, 0.25) is 0 Å². The molecule has 1 aliphatic rings. The molecule has 6 nitrogen and oxygen atoms in total. The Hall–Kier alpha value is -1.56. The normalized spacial score (nSPS) is 25.3. The van der Waals surface area contributed by atoms with E-state index < -0.39 is 0 Å². The van der Waals surface area contributed by atoms with Gasteiger partial charge in [-0.1, -0.05) is 0 Å². The van der Waals surface area contributed by atoms with E-state index in [2.05, 4.69) is 15.3 Å². The number of rotatable bonds is 2. The van der Waals surface area contributed by atoms with Crippen LogP contribution < -0.4 is 16.6 Å². The maximum atomic E-state index is 11.3. The van der Waals surface area contributed by atoms with E-state index in [1.165, 1.54) is 6.33 Å². The zero-order valence-electron chi connectivity index (χ0n) is 9.19. The molecule has 6 heteroatoms. The molecule has 4 N–H and O–H groups in total. The second-order valence-electron chi connectivity index (χ2n) is 4.04. The molecule has 1 saturated heterocycles. The number of hydrogen-bond donors (Lipinski definition) is 3. The predicted molar refractivity (Wildman–Crippen MR) is 61.3 cm³/mol. The predicted octanol–water partition coefficient (Wildman–Crippen LogP) is 0.331. The molecule has 1 fully saturated rings. The number of nitrogens with zero attached hydrogens (tertiary/aromatic N) is 1. The lowest BCUT2D eigenvalue weighted by molar-refractivity contribution is 0.0232. The number of nitrogens with one attached hydrogen (secondary N) is 2. The van der Waals surface area contributed by atoms with Crippen LogP contribution in [0.4, 0.5) is 11.5 Å². The Labute approximate surface area is 93.2 Å². The minimum absolute atomic E-state index is 0.140. The third-order valence-corrected chi connectivity index (χ3v) is 2.72. The van der Waals surface area contributed by atoms with E-state index in [1.807, 2.05) is 6.92 Å². The van der Waals surface area contributed by atoms with Crippen LogP contribution in [0.5, 0.6) is 0 Å². The minimum atomic E-state index is -0.308. The summed E-state index contributed by atoms with van der Waals surface area (Å²) in [4.78, 5) is 17.7. The molecule has 2 unspecified atom stereocenters. The van der Waals surface area contributed by atoms with Crippen LogP contribution in [0.3, 0.4) is 0 Å². The van der Waals surface area contributed by atoms with Crippen molar-refractivity contribution < 1.29 is 4.74 Å². The molecule has 0 bridgehead atoms. The van der Waals surface area contributed by atoms with E-state index in [-0.39, 0.29) is 23.4 Å². The highest BCUT2D eigenvalue weighted by atomic mass is 16.5. The number of H-pyrrole nitrogens is 1. The monoisotopic (exact) mass is 224 g/mol. The summed E-state index contributed by atoms with van der Waals surface area (Å²) in [5.41, 5.74) is 5.47. The van der Waals surface area contributed by atoms with Gasteiger partial charge in [-0.05, 0) is 19.8 Å². The van der Waals surface area contributed by atoms with Crippen molar-refractivity contribution in [3.05, 3.63) is 16.7 Å². The average Bonchev–Trinajstić information content (AvgIpc) is 2.25. The molecular weight excluding hydrogens is 208 g/mol. The third-order valence-electron chi connectivity index (χ3n) is 2.72. The first-order chi connectivity index (χ1) is 7.66. The van der Waals surface area contributed by atoms with Crippen molar-refractivity contribution in [3.63, 3.8) is 0 Å². The van der Waals surface area contributed by atoms with Gasteiger partial charge in [0.1, 0.15) is 5.69 Å². The van der Waals surface area contributed by atoms with Gasteiger partial charge in [0, 0.05) is 12.6 Å².